The number of hydrogen-bond acceptors (Lipinski definition) is 5. The van der Waals surface area contributed by atoms with Crippen LogP contribution in [0.5, 0.6) is 0 Å². The Balaban J connectivity index is 1.43. The Bertz CT molecular complexity index is 1380. The van der Waals surface area contributed by atoms with E-state index < -0.39 is 17.0 Å². The lowest BCUT2D eigenvalue weighted by molar-refractivity contribution is -0.384. The lowest BCUT2D eigenvalue weighted by Gasteiger charge is -2.47. The average molecular weight is 546 g/mol. The van der Waals surface area contributed by atoms with E-state index in [9.17, 15) is 19.7 Å². The molecule has 9 heteroatoms. The van der Waals surface area contributed by atoms with Crippen LogP contribution in [-0.4, -0.2) is 75.2 Å². The van der Waals surface area contributed by atoms with Crippen LogP contribution in [0.25, 0.3) is 10.9 Å². The molecule has 1 fully saturated rings. The highest BCUT2D eigenvalue weighted by Gasteiger charge is 2.48. The zero-order chi connectivity index (χ0) is 28.2. The molecule has 5 rings (SSSR count). The number of nitro benzene ring substituents is 1. The summed E-state index contributed by atoms with van der Waals surface area (Å²) in [5.41, 5.74) is 3.35. The summed E-state index contributed by atoms with van der Waals surface area (Å²) in [7, 11) is 0. The normalized spacial score (nSPS) is 18.9. The van der Waals surface area contributed by atoms with Crippen molar-refractivity contribution in [3.63, 3.8) is 0 Å². The third-order valence-electron chi connectivity index (χ3n) is 8.30. The fourth-order valence-corrected chi connectivity index (χ4v) is 6.25. The molecular weight excluding hydrogens is 506 g/mol. The van der Waals surface area contributed by atoms with Gasteiger partial charge in [0.2, 0.25) is 11.8 Å². The zero-order valence-electron chi connectivity index (χ0n) is 23.5. The zero-order valence-corrected chi connectivity index (χ0v) is 23.5. The first-order chi connectivity index (χ1) is 19.4. The number of amides is 2. The minimum absolute atomic E-state index is 0.0280. The predicted octanol–water partition coefficient (Wildman–Crippen LogP) is 5.05. The van der Waals surface area contributed by atoms with Gasteiger partial charge >= 0.3 is 0 Å². The second-order valence-electron chi connectivity index (χ2n) is 11.0. The SMILES string of the molecule is CCCCN(CCCC)CCCN1CC(=O)N2C(Cc3c([nH]c4ccccc34)C2c2cccc([N+](=O)[O-])c2)C1=O. The highest BCUT2D eigenvalue weighted by Crippen LogP contribution is 2.43. The standard InChI is InChI=1S/C31H39N5O4/c1-3-5-15-33(16-6-4-2)17-10-18-34-21-28(37)35-27(31(34)38)20-25-24-13-7-8-14-26(24)32-29(25)30(35)22-11-9-12-23(19-22)36(39)40/h7-9,11-14,19,27,30,32H,3-6,10,15-18,20-21H2,1-2H3. The Morgan fingerprint density at radius 1 is 1.00 bits per heavy atom. The molecule has 2 aliphatic rings. The Morgan fingerprint density at radius 3 is 2.45 bits per heavy atom. The van der Waals surface area contributed by atoms with Crippen molar-refractivity contribution in [2.24, 2.45) is 0 Å². The Hall–Kier alpha value is -3.72. The molecule has 0 spiro atoms. The molecule has 2 unspecified atom stereocenters. The molecule has 1 saturated heterocycles. The van der Waals surface area contributed by atoms with E-state index in [0.29, 0.717) is 18.5 Å². The van der Waals surface area contributed by atoms with Gasteiger partial charge in [-0.25, -0.2) is 0 Å². The summed E-state index contributed by atoms with van der Waals surface area (Å²) < 4.78 is 0. The number of benzene rings is 2. The lowest BCUT2D eigenvalue weighted by atomic mass is 9.86. The molecule has 2 amide bonds. The van der Waals surface area contributed by atoms with Crippen molar-refractivity contribution in [2.75, 3.05) is 32.7 Å². The summed E-state index contributed by atoms with van der Waals surface area (Å²) in [5, 5.41) is 12.6. The van der Waals surface area contributed by atoms with E-state index in [0.717, 1.165) is 73.9 Å². The van der Waals surface area contributed by atoms with E-state index in [1.807, 2.05) is 24.3 Å². The van der Waals surface area contributed by atoms with Crippen LogP contribution in [0.4, 0.5) is 5.69 Å². The first kappa shape index (κ1) is 27.8. The summed E-state index contributed by atoms with van der Waals surface area (Å²) in [6.45, 7) is 8.02. The number of para-hydroxylation sites is 1. The van der Waals surface area contributed by atoms with Gasteiger partial charge in [-0.05, 0) is 56.1 Å². The molecule has 1 aromatic heterocycles. The van der Waals surface area contributed by atoms with Crippen molar-refractivity contribution in [3.05, 3.63) is 75.5 Å². The molecule has 1 N–H and O–H groups in total. The molecular formula is C31H39N5O4. The van der Waals surface area contributed by atoms with Gasteiger partial charge in [-0.2, -0.15) is 0 Å². The minimum atomic E-state index is -0.645. The third-order valence-corrected chi connectivity index (χ3v) is 8.30. The highest BCUT2D eigenvalue weighted by atomic mass is 16.6. The van der Waals surface area contributed by atoms with Crippen LogP contribution >= 0.6 is 0 Å². The van der Waals surface area contributed by atoms with Crippen molar-refractivity contribution >= 4 is 28.4 Å². The fourth-order valence-electron chi connectivity index (χ4n) is 6.25. The van der Waals surface area contributed by atoms with Gasteiger partial charge in [-0.1, -0.05) is 57.0 Å². The molecule has 40 heavy (non-hydrogen) atoms. The number of piperazine rings is 1. The maximum Gasteiger partial charge on any atom is 0.269 e. The Kier molecular flexibility index (Phi) is 8.49. The molecule has 3 aromatic rings. The maximum atomic E-state index is 13.9. The number of fused-ring (bicyclic) bond motifs is 4. The van der Waals surface area contributed by atoms with Gasteiger partial charge in [0.1, 0.15) is 6.04 Å². The first-order valence-electron chi connectivity index (χ1n) is 14.6. The number of nitrogens with zero attached hydrogens (tertiary/aromatic N) is 4. The second kappa shape index (κ2) is 12.2. The number of aromatic nitrogens is 1. The smallest absolute Gasteiger partial charge is 0.269 e. The summed E-state index contributed by atoms with van der Waals surface area (Å²) in [6.07, 6.45) is 5.88. The number of carbonyl (C=O) groups is 2. The monoisotopic (exact) mass is 545 g/mol. The van der Waals surface area contributed by atoms with Gasteiger partial charge in [-0.3, -0.25) is 19.7 Å². The van der Waals surface area contributed by atoms with Gasteiger partial charge in [0.15, 0.2) is 0 Å². The minimum Gasteiger partial charge on any atom is -0.356 e. The van der Waals surface area contributed by atoms with Crippen LogP contribution in [0.2, 0.25) is 0 Å². The molecule has 0 saturated carbocycles. The molecule has 2 aliphatic heterocycles. The van der Waals surface area contributed by atoms with E-state index in [4.69, 9.17) is 0 Å². The molecule has 0 bridgehead atoms. The van der Waals surface area contributed by atoms with Gasteiger partial charge in [0.25, 0.3) is 5.69 Å². The second-order valence-corrected chi connectivity index (χ2v) is 11.0. The molecule has 0 radical (unpaired) electrons. The molecule has 212 valence electrons. The van der Waals surface area contributed by atoms with E-state index in [1.165, 1.54) is 12.1 Å². The number of nitrogens with one attached hydrogen (secondary N) is 1. The van der Waals surface area contributed by atoms with Crippen LogP contribution in [0.3, 0.4) is 0 Å². The van der Waals surface area contributed by atoms with Crippen LogP contribution in [-0.2, 0) is 16.0 Å². The van der Waals surface area contributed by atoms with E-state index in [1.54, 1.807) is 21.9 Å². The summed E-state index contributed by atoms with van der Waals surface area (Å²) >= 11 is 0. The first-order valence-corrected chi connectivity index (χ1v) is 14.6. The molecule has 9 nitrogen and oxygen atoms in total. The number of H-pyrrole nitrogens is 1. The molecule has 2 aromatic carbocycles. The van der Waals surface area contributed by atoms with Crippen molar-refractivity contribution in [2.45, 2.75) is 64.5 Å². The van der Waals surface area contributed by atoms with Crippen molar-refractivity contribution < 1.29 is 14.5 Å². The van der Waals surface area contributed by atoms with Gasteiger partial charge < -0.3 is 19.7 Å². The number of unbranched alkanes of at least 4 members (excludes halogenated alkanes) is 2. The number of carbonyl (C=O) groups excluding carboxylic acids is 2. The van der Waals surface area contributed by atoms with Crippen LogP contribution < -0.4 is 0 Å². The van der Waals surface area contributed by atoms with Gasteiger partial charge in [0.05, 0.1) is 17.5 Å². The molecule has 2 atom stereocenters. The van der Waals surface area contributed by atoms with Crippen molar-refractivity contribution in [3.8, 4) is 0 Å². The van der Waals surface area contributed by atoms with Gasteiger partial charge in [0, 0.05) is 41.7 Å². The predicted molar refractivity (Wildman–Crippen MR) is 155 cm³/mol. The Morgan fingerprint density at radius 2 is 1.73 bits per heavy atom. The highest BCUT2D eigenvalue weighted by molar-refractivity contribution is 5.97. The van der Waals surface area contributed by atoms with Crippen LogP contribution in [0, 0.1) is 10.1 Å². The van der Waals surface area contributed by atoms with Crippen molar-refractivity contribution in [1.29, 1.82) is 0 Å². The van der Waals surface area contributed by atoms with Crippen LogP contribution in [0.1, 0.15) is 68.8 Å². The fraction of sp³-hybridized carbons (Fsp3) is 0.484. The largest absolute Gasteiger partial charge is 0.356 e. The number of nitro groups is 1. The van der Waals surface area contributed by atoms with Crippen molar-refractivity contribution in [1.82, 2.24) is 19.7 Å². The summed E-state index contributed by atoms with van der Waals surface area (Å²) in [5.74, 6) is -0.168. The van der Waals surface area contributed by atoms with E-state index in [-0.39, 0.29) is 24.0 Å². The van der Waals surface area contributed by atoms with E-state index >= 15 is 0 Å². The number of non-ortho nitro benzene ring substituents is 1. The molecule has 3 heterocycles. The third kappa shape index (κ3) is 5.47. The summed E-state index contributed by atoms with van der Waals surface area (Å²) in [4.78, 5) is 48.2. The Labute approximate surface area is 235 Å². The van der Waals surface area contributed by atoms with Gasteiger partial charge in [-0.15, -0.1) is 0 Å². The average Bonchev–Trinajstić information content (AvgIpc) is 3.34. The topological polar surface area (TPSA) is 103 Å². The summed E-state index contributed by atoms with van der Waals surface area (Å²) in [6, 6.07) is 13.1. The quantitative estimate of drug-likeness (QED) is 0.253. The van der Waals surface area contributed by atoms with Crippen LogP contribution in [0.15, 0.2) is 48.5 Å². The maximum absolute atomic E-state index is 13.9. The lowest BCUT2D eigenvalue weighted by Crippen LogP contribution is -2.63. The number of rotatable bonds is 12. The van der Waals surface area contributed by atoms with E-state index in [2.05, 4.69) is 23.7 Å². The molecule has 0 aliphatic carbocycles. The number of hydrogen-bond donors (Lipinski definition) is 1. The number of aromatic amines is 1.